The number of halogens is 2. The molecule has 0 aliphatic carbocycles. The topological polar surface area (TPSA) is 100 Å². The molecule has 1 aromatic rings. The number of pyridine rings is 1. The molecule has 0 saturated carbocycles. The van der Waals surface area contributed by atoms with Gasteiger partial charge in [-0.25, -0.2) is 8.78 Å². The van der Waals surface area contributed by atoms with Gasteiger partial charge in [0, 0.05) is 12.1 Å². The van der Waals surface area contributed by atoms with E-state index in [1.54, 1.807) is 6.07 Å². The molecule has 7 heteroatoms. The standard InChI is InChI=1S/C10H9F2N3O2/c11-10(12)9-7(4-14)5(3-13)1-6(15-9)2-8(16)17/h1,10H,2,4,14H2,(H,16,17). The zero-order chi connectivity index (χ0) is 13.0. The van der Waals surface area contributed by atoms with Gasteiger partial charge < -0.3 is 10.8 Å². The normalized spacial score (nSPS) is 10.3. The lowest BCUT2D eigenvalue weighted by atomic mass is 10.0. The lowest BCUT2D eigenvalue weighted by Crippen LogP contribution is -2.11. The number of nitriles is 1. The summed E-state index contributed by atoms with van der Waals surface area (Å²) in [4.78, 5) is 14.0. The minimum atomic E-state index is -2.89. The summed E-state index contributed by atoms with van der Waals surface area (Å²) in [6.07, 6.45) is -3.41. The van der Waals surface area contributed by atoms with E-state index >= 15 is 0 Å². The van der Waals surface area contributed by atoms with E-state index in [4.69, 9.17) is 16.1 Å². The third-order valence-corrected chi connectivity index (χ3v) is 2.07. The average Bonchev–Trinajstić information content (AvgIpc) is 2.26. The summed E-state index contributed by atoms with van der Waals surface area (Å²) in [6, 6.07) is 2.88. The number of carbonyl (C=O) groups is 1. The van der Waals surface area contributed by atoms with E-state index in [0.717, 1.165) is 0 Å². The molecule has 0 aromatic carbocycles. The lowest BCUT2D eigenvalue weighted by molar-refractivity contribution is -0.136. The van der Waals surface area contributed by atoms with E-state index in [0.29, 0.717) is 0 Å². The zero-order valence-electron chi connectivity index (χ0n) is 8.65. The van der Waals surface area contributed by atoms with Gasteiger partial charge in [-0.15, -0.1) is 0 Å². The van der Waals surface area contributed by atoms with Crippen molar-refractivity contribution in [1.29, 1.82) is 5.26 Å². The molecule has 0 aliphatic rings. The van der Waals surface area contributed by atoms with E-state index in [9.17, 15) is 13.6 Å². The van der Waals surface area contributed by atoms with Crippen molar-refractivity contribution >= 4 is 5.97 Å². The SMILES string of the molecule is N#Cc1cc(CC(=O)O)nc(C(F)F)c1CN. The maximum absolute atomic E-state index is 12.7. The van der Waals surface area contributed by atoms with Gasteiger partial charge in [-0.2, -0.15) is 5.26 Å². The monoisotopic (exact) mass is 241 g/mol. The molecule has 0 aliphatic heterocycles. The van der Waals surface area contributed by atoms with Crippen molar-refractivity contribution in [3.05, 3.63) is 28.6 Å². The highest BCUT2D eigenvalue weighted by Gasteiger charge is 2.19. The van der Waals surface area contributed by atoms with E-state index in [2.05, 4.69) is 4.98 Å². The fourth-order valence-corrected chi connectivity index (χ4v) is 1.39. The van der Waals surface area contributed by atoms with Crippen LogP contribution < -0.4 is 5.73 Å². The molecular weight excluding hydrogens is 232 g/mol. The third-order valence-electron chi connectivity index (χ3n) is 2.07. The summed E-state index contributed by atoms with van der Waals surface area (Å²) in [5.74, 6) is -1.21. The van der Waals surface area contributed by atoms with Crippen LogP contribution in [0.2, 0.25) is 0 Å². The van der Waals surface area contributed by atoms with Crippen molar-refractivity contribution in [2.75, 3.05) is 0 Å². The highest BCUT2D eigenvalue weighted by atomic mass is 19.3. The Balaban J connectivity index is 3.36. The van der Waals surface area contributed by atoms with Gasteiger partial charge in [0.05, 0.1) is 23.7 Å². The van der Waals surface area contributed by atoms with E-state index in [1.165, 1.54) is 6.07 Å². The van der Waals surface area contributed by atoms with Crippen LogP contribution >= 0.6 is 0 Å². The van der Waals surface area contributed by atoms with Crippen LogP contribution in [0, 0.1) is 11.3 Å². The summed E-state index contributed by atoms with van der Waals surface area (Å²) >= 11 is 0. The lowest BCUT2D eigenvalue weighted by Gasteiger charge is -2.09. The molecule has 90 valence electrons. The third kappa shape index (κ3) is 2.95. The molecule has 0 saturated heterocycles. The minimum Gasteiger partial charge on any atom is -0.481 e. The number of hydrogen-bond acceptors (Lipinski definition) is 4. The Kier molecular flexibility index (Phi) is 4.06. The van der Waals surface area contributed by atoms with Gasteiger partial charge >= 0.3 is 5.97 Å². The number of aromatic nitrogens is 1. The second-order valence-corrected chi connectivity index (χ2v) is 3.21. The Hall–Kier alpha value is -2.07. The van der Waals surface area contributed by atoms with Crippen molar-refractivity contribution in [3.8, 4) is 6.07 Å². The average molecular weight is 241 g/mol. The molecule has 0 bridgehead atoms. The summed E-state index contributed by atoms with van der Waals surface area (Å²) < 4.78 is 25.3. The maximum Gasteiger partial charge on any atom is 0.309 e. The van der Waals surface area contributed by atoms with Gasteiger partial charge in [0.1, 0.15) is 5.69 Å². The molecule has 17 heavy (non-hydrogen) atoms. The second-order valence-electron chi connectivity index (χ2n) is 3.21. The maximum atomic E-state index is 12.7. The van der Waals surface area contributed by atoms with E-state index in [-0.39, 0.29) is 23.4 Å². The number of hydrogen-bond donors (Lipinski definition) is 2. The Labute approximate surface area is 95.5 Å². The van der Waals surface area contributed by atoms with Crippen molar-refractivity contribution < 1.29 is 18.7 Å². The van der Waals surface area contributed by atoms with Gasteiger partial charge in [-0.3, -0.25) is 9.78 Å². The number of rotatable bonds is 4. The fraction of sp³-hybridized carbons (Fsp3) is 0.300. The van der Waals surface area contributed by atoms with Crippen LogP contribution in [-0.2, 0) is 17.8 Å². The quantitative estimate of drug-likeness (QED) is 0.818. The van der Waals surface area contributed by atoms with Gasteiger partial charge in [0.15, 0.2) is 0 Å². The molecule has 0 spiro atoms. The molecule has 0 fully saturated rings. The number of nitrogens with two attached hydrogens (primary N) is 1. The smallest absolute Gasteiger partial charge is 0.309 e. The second kappa shape index (κ2) is 5.32. The summed E-state index contributed by atoms with van der Waals surface area (Å²) in [5.41, 5.74) is 4.47. The number of aliphatic carboxylic acids is 1. The molecule has 0 unspecified atom stereocenters. The molecule has 1 heterocycles. The number of carboxylic acids is 1. The number of carboxylic acid groups (broad SMARTS) is 1. The molecule has 1 rings (SSSR count). The van der Waals surface area contributed by atoms with Crippen molar-refractivity contribution in [2.24, 2.45) is 5.73 Å². The van der Waals surface area contributed by atoms with Crippen molar-refractivity contribution in [3.63, 3.8) is 0 Å². The first-order valence-corrected chi connectivity index (χ1v) is 4.62. The minimum absolute atomic E-state index is 0.0448. The largest absolute Gasteiger partial charge is 0.481 e. The predicted molar refractivity (Wildman–Crippen MR) is 53.1 cm³/mol. The molecular formula is C10H9F2N3O2. The Bertz CT molecular complexity index is 483. The van der Waals surface area contributed by atoms with Crippen LogP contribution in [0.4, 0.5) is 8.78 Å². The molecule has 0 radical (unpaired) electrons. The molecule has 0 amide bonds. The summed E-state index contributed by atoms with van der Waals surface area (Å²) in [5, 5.41) is 17.3. The first-order chi connectivity index (χ1) is 7.99. The zero-order valence-corrected chi connectivity index (χ0v) is 8.65. The molecule has 5 nitrogen and oxygen atoms in total. The summed E-state index contributed by atoms with van der Waals surface area (Å²) in [7, 11) is 0. The number of alkyl halides is 2. The predicted octanol–water partition coefficient (Wildman–Crippen LogP) is 0.977. The first kappa shape index (κ1) is 13.0. The number of nitrogens with zero attached hydrogens (tertiary/aromatic N) is 2. The highest BCUT2D eigenvalue weighted by molar-refractivity contribution is 5.69. The van der Waals surface area contributed by atoms with Crippen molar-refractivity contribution in [1.82, 2.24) is 4.98 Å². The molecule has 0 atom stereocenters. The summed E-state index contributed by atoms with van der Waals surface area (Å²) in [6.45, 7) is -0.247. The fourth-order valence-electron chi connectivity index (χ4n) is 1.39. The first-order valence-electron chi connectivity index (χ1n) is 4.62. The van der Waals surface area contributed by atoms with Gasteiger partial charge in [0.25, 0.3) is 6.43 Å². The van der Waals surface area contributed by atoms with Crippen molar-refractivity contribution in [2.45, 2.75) is 19.4 Å². The van der Waals surface area contributed by atoms with Crippen LogP contribution in [0.15, 0.2) is 6.07 Å². The van der Waals surface area contributed by atoms with Crippen LogP contribution in [-0.4, -0.2) is 16.1 Å². The van der Waals surface area contributed by atoms with Crippen LogP contribution in [0.1, 0.15) is 28.9 Å². The van der Waals surface area contributed by atoms with Crippen LogP contribution in [0.25, 0.3) is 0 Å². The van der Waals surface area contributed by atoms with E-state index < -0.39 is 24.5 Å². The molecule has 1 aromatic heterocycles. The van der Waals surface area contributed by atoms with Crippen LogP contribution in [0.3, 0.4) is 0 Å². The Morgan fingerprint density at radius 1 is 1.65 bits per heavy atom. The van der Waals surface area contributed by atoms with E-state index in [1.807, 2.05) is 0 Å². The van der Waals surface area contributed by atoms with Gasteiger partial charge in [-0.05, 0) is 6.07 Å². The Morgan fingerprint density at radius 2 is 2.29 bits per heavy atom. The van der Waals surface area contributed by atoms with Crippen LogP contribution in [0.5, 0.6) is 0 Å². The Morgan fingerprint density at radius 3 is 2.71 bits per heavy atom. The van der Waals surface area contributed by atoms with Gasteiger partial charge in [-0.1, -0.05) is 0 Å². The van der Waals surface area contributed by atoms with Gasteiger partial charge in [0.2, 0.25) is 0 Å². The molecule has 3 N–H and O–H groups in total. The highest BCUT2D eigenvalue weighted by Crippen LogP contribution is 2.24.